The van der Waals surface area contributed by atoms with Crippen LogP contribution in [0, 0.1) is 16.7 Å². The van der Waals surface area contributed by atoms with Gasteiger partial charge in [-0.1, -0.05) is 42.5 Å². The third-order valence-electron chi connectivity index (χ3n) is 4.68. The van der Waals surface area contributed by atoms with Crippen LogP contribution in [0.2, 0.25) is 0 Å². The number of aliphatic hydroxyl groups is 1. The molecular weight excluding hydrogens is 370 g/mol. The molecule has 1 aliphatic carbocycles. The van der Waals surface area contributed by atoms with Crippen LogP contribution in [0.4, 0.5) is 5.69 Å². The number of amidine groups is 1. The van der Waals surface area contributed by atoms with Gasteiger partial charge in [0.1, 0.15) is 17.5 Å². The number of nitrogens with zero attached hydrogens (tertiary/aromatic N) is 4. The normalized spacial score (nSPS) is 21.3. The highest BCUT2D eigenvalue weighted by Crippen LogP contribution is 2.43. The SMILES string of the molecule is N#CC1=C2C(=N)N(C(N)=Nc3ccccc3)C(N)=NC2(O)c2ccccc2C1=O. The van der Waals surface area contributed by atoms with Crippen LogP contribution in [0.15, 0.2) is 75.7 Å². The van der Waals surface area contributed by atoms with Gasteiger partial charge in [-0.3, -0.25) is 10.2 Å². The lowest BCUT2D eigenvalue weighted by Gasteiger charge is -2.40. The highest BCUT2D eigenvalue weighted by atomic mass is 16.3. The van der Waals surface area contributed by atoms with Crippen LogP contribution < -0.4 is 11.5 Å². The Balaban J connectivity index is 1.93. The minimum Gasteiger partial charge on any atom is -0.369 e. The third kappa shape index (κ3) is 2.59. The Hall–Kier alpha value is -4.29. The lowest BCUT2D eigenvalue weighted by Crippen LogP contribution is -2.57. The quantitative estimate of drug-likeness (QED) is 0.424. The van der Waals surface area contributed by atoms with E-state index in [2.05, 4.69) is 9.98 Å². The summed E-state index contributed by atoms with van der Waals surface area (Å²) in [5.41, 5.74) is 10.00. The van der Waals surface area contributed by atoms with E-state index in [1.807, 2.05) is 6.07 Å². The largest absolute Gasteiger partial charge is 0.369 e. The zero-order valence-corrected chi connectivity index (χ0v) is 15.0. The van der Waals surface area contributed by atoms with E-state index in [0.29, 0.717) is 5.69 Å². The minimum atomic E-state index is -2.15. The van der Waals surface area contributed by atoms with E-state index >= 15 is 0 Å². The zero-order valence-electron chi connectivity index (χ0n) is 15.0. The average Bonchev–Trinajstić information content (AvgIpc) is 2.70. The van der Waals surface area contributed by atoms with Gasteiger partial charge in [-0.2, -0.15) is 5.26 Å². The van der Waals surface area contributed by atoms with Gasteiger partial charge in [-0.25, -0.2) is 14.9 Å². The molecule has 2 aromatic rings. The molecule has 142 valence electrons. The molecule has 2 aliphatic rings. The molecule has 29 heavy (non-hydrogen) atoms. The van der Waals surface area contributed by atoms with Crippen LogP contribution in [0.25, 0.3) is 0 Å². The number of aliphatic imine (C=N–C) groups is 2. The Kier molecular flexibility index (Phi) is 3.99. The second-order valence-corrected chi connectivity index (χ2v) is 6.37. The number of carbonyl (C=O) groups excluding carboxylic acids is 1. The summed E-state index contributed by atoms with van der Waals surface area (Å²) in [5, 5.41) is 29.5. The molecule has 9 heteroatoms. The third-order valence-corrected chi connectivity index (χ3v) is 4.68. The summed E-state index contributed by atoms with van der Waals surface area (Å²) in [4.78, 5) is 22.1. The Morgan fingerprint density at radius 1 is 1.21 bits per heavy atom. The Morgan fingerprint density at radius 3 is 2.55 bits per heavy atom. The number of allylic oxidation sites excluding steroid dienone is 1. The van der Waals surface area contributed by atoms with Gasteiger partial charge in [-0.15, -0.1) is 0 Å². The van der Waals surface area contributed by atoms with Gasteiger partial charge in [0.15, 0.2) is 0 Å². The van der Waals surface area contributed by atoms with Crippen LogP contribution in [-0.2, 0) is 5.72 Å². The molecular formula is C20H15N7O2. The predicted octanol–water partition coefficient (Wildman–Crippen LogP) is 1.10. The summed E-state index contributed by atoms with van der Waals surface area (Å²) in [6.07, 6.45) is 0. The van der Waals surface area contributed by atoms with E-state index in [1.54, 1.807) is 42.5 Å². The fourth-order valence-corrected chi connectivity index (χ4v) is 3.41. The van der Waals surface area contributed by atoms with Gasteiger partial charge < -0.3 is 16.6 Å². The van der Waals surface area contributed by atoms with Crippen molar-refractivity contribution in [3.8, 4) is 6.07 Å². The zero-order chi connectivity index (χ0) is 20.8. The number of guanidine groups is 2. The van der Waals surface area contributed by atoms with Crippen LogP contribution in [0.5, 0.6) is 0 Å². The first-order valence-corrected chi connectivity index (χ1v) is 8.53. The fraction of sp³-hybridized carbons (Fsp3) is 0.0500. The first kappa shape index (κ1) is 18.1. The molecule has 4 rings (SSSR count). The van der Waals surface area contributed by atoms with E-state index in [-0.39, 0.29) is 28.6 Å². The van der Waals surface area contributed by atoms with Crippen molar-refractivity contribution >= 4 is 29.2 Å². The number of rotatable bonds is 1. The molecule has 0 radical (unpaired) electrons. The van der Waals surface area contributed by atoms with Gasteiger partial charge in [0.05, 0.1) is 11.3 Å². The van der Waals surface area contributed by atoms with E-state index in [1.165, 1.54) is 12.1 Å². The van der Waals surface area contributed by atoms with Gasteiger partial charge in [0.25, 0.3) is 0 Å². The molecule has 0 bridgehead atoms. The summed E-state index contributed by atoms with van der Waals surface area (Å²) >= 11 is 0. The van der Waals surface area contributed by atoms with Crippen LogP contribution in [0.1, 0.15) is 15.9 Å². The molecule has 1 unspecified atom stereocenters. The number of benzene rings is 2. The maximum Gasteiger partial charge on any atom is 0.218 e. The lowest BCUT2D eigenvalue weighted by atomic mass is 9.78. The van der Waals surface area contributed by atoms with Crippen molar-refractivity contribution in [1.82, 2.24) is 4.90 Å². The summed E-state index contributed by atoms with van der Waals surface area (Å²) < 4.78 is 0. The Bertz CT molecular complexity index is 1190. The molecule has 1 heterocycles. The number of nitriles is 1. The lowest BCUT2D eigenvalue weighted by molar-refractivity contribution is 0.0781. The van der Waals surface area contributed by atoms with Crippen LogP contribution in [0.3, 0.4) is 0 Å². The minimum absolute atomic E-state index is 0.124. The molecule has 0 spiro atoms. The summed E-state index contributed by atoms with van der Waals surface area (Å²) in [7, 11) is 0. The topological polar surface area (TPSA) is 165 Å². The Morgan fingerprint density at radius 2 is 1.86 bits per heavy atom. The van der Waals surface area contributed by atoms with Crippen molar-refractivity contribution < 1.29 is 9.90 Å². The molecule has 0 saturated heterocycles. The van der Waals surface area contributed by atoms with Crippen LogP contribution >= 0.6 is 0 Å². The second-order valence-electron chi connectivity index (χ2n) is 6.37. The smallest absolute Gasteiger partial charge is 0.218 e. The Labute approximate surface area is 165 Å². The summed E-state index contributed by atoms with van der Waals surface area (Å²) in [6.45, 7) is 0. The first-order chi connectivity index (χ1) is 13.9. The number of para-hydroxylation sites is 1. The highest BCUT2D eigenvalue weighted by Gasteiger charge is 2.51. The molecule has 9 nitrogen and oxygen atoms in total. The van der Waals surface area contributed by atoms with Gasteiger partial charge >= 0.3 is 0 Å². The number of fused-ring (bicyclic) bond motifs is 3. The van der Waals surface area contributed by atoms with Gasteiger partial charge in [0.2, 0.25) is 23.4 Å². The maximum absolute atomic E-state index is 12.8. The summed E-state index contributed by atoms with van der Waals surface area (Å²) in [5.74, 6) is -1.54. The number of Topliss-reactive ketones (excluding diaryl/α,β-unsaturated/α-hetero) is 1. The molecule has 6 N–H and O–H groups in total. The first-order valence-electron chi connectivity index (χ1n) is 8.53. The molecule has 0 saturated carbocycles. The summed E-state index contributed by atoms with van der Waals surface area (Å²) in [6, 6.07) is 16.7. The number of ketones is 1. The van der Waals surface area contributed by atoms with E-state index < -0.39 is 22.9 Å². The van der Waals surface area contributed by atoms with Crippen LogP contribution in [-0.4, -0.2) is 33.5 Å². The van der Waals surface area contributed by atoms with E-state index in [0.717, 1.165) is 4.90 Å². The second kappa shape index (κ2) is 6.40. The number of hydrogen-bond donors (Lipinski definition) is 4. The number of hydrogen-bond acceptors (Lipinski definition) is 7. The highest BCUT2D eigenvalue weighted by molar-refractivity contribution is 6.27. The monoisotopic (exact) mass is 385 g/mol. The van der Waals surface area contributed by atoms with Gasteiger partial charge in [0, 0.05) is 11.1 Å². The molecule has 1 atom stereocenters. The van der Waals surface area contributed by atoms with Crippen molar-refractivity contribution in [2.24, 2.45) is 21.5 Å². The van der Waals surface area contributed by atoms with Crippen molar-refractivity contribution in [3.63, 3.8) is 0 Å². The molecule has 0 amide bonds. The fourth-order valence-electron chi connectivity index (χ4n) is 3.41. The average molecular weight is 385 g/mol. The molecule has 2 aromatic carbocycles. The van der Waals surface area contributed by atoms with E-state index in [9.17, 15) is 15.2 Å². The molecule has 1 aliphatic heterocycles. The van der Waals surface area contributed by atoms with Gasteiger partial charge in [-0.05, 0) is 12.1 Å². The maximum atomic E-state index is 12.8. The standard InChI is InChI=1S/C20H15N7O2/c21-10-13-15-17(22)27(18(23)25-11-6-2-1-3-7-11)19(24)26-20(15,29)14-9-5-4-8-12(14)16(13)28/h1-9,22,29H,(H2,23,25)(H2,24,26). The predicted molar refractivity (Wildman–Crippen MR) is 106 cm³/mol. The van der Waals surface area contributed by atoms with Crippen molar-refractivity contribution in [2.45, 2.75) is 5.72 Å². The van der Waals surface area contributed by atoms with Crippen molar-refractivity contribution in [3.05, 3.63) is 76.9 Å². The van der Waals surface area contributed by atoms with E-state index in [4.69, 9.17) is 16.9 Å². The number of nitrogens with two attached hydrogens (primary N) is 2. The molecule has 0 aromatic heterocycles. The number of carbonyl (C=O) groups is 1. The van der Waals surface area contributed by atoms with Crippen molar-refractivity contribution in [2.75, 3.05) is 0 Å². The number of nitrogens with one attached hydrogen (secondary N) is 1. The molecule has 0 fully saturated rings. The van der Waals surface area contributed by atoms with Crippen molar-refractivity contribution in [1.29, 1.82) is 10.7 Å².